The number of primary amides is 1. The molecule has 2 rings (SSSR count). The molecule has 6 heteroatoms. The van der Waals surface area contributed by atoms with Crippen LogP contribution in [0.15, 0.2) is 12.1 Å². The molecule has 1 amide bonds. The third-order valence-electron chi connectivity index (χ3n) is 3.47. The van der Waals surface area contributed by atoms with Crippen molar-refractivity contribution in [2.24, 2.45) is 5.73 Å². The van der Waals surface area contributed by atoms with Gasteiger partial charge in [0.05, 0.1) is 16.3 Å². The molecule has 1 aromatic rings. The van der Waals surface area contributed by atoms with Crippen LogP contribution in [0.25, 0.3) is 0 Å². The fourth-order valence-electron chi connectivity index (χ4n) is 2.57. The predicted molar refractivity (Wildman–Crippen MR) is 78.7 cm³/mol. The zero-order valence-corrected chi connectivity index (χ0v) is 11.9. The van der Waals surface area contributed by atoms with Gasteiger partial charge in [-0.15, -0.1) is 0 Å². The number of nitrogens with two attached hydrogens (primary N) is 2. The van der Waals surface area contributed by atoms with Gasteiger partial charge >= 0.3 is 0 Å². The molecule has 19 heavy (non-hydrogen) atoms. The first-order valence-corrected chi connectivity index (χ1v) is 6.62. The van der Waals surface area contributed by atoms with Crippen LogP contribution in [0.2, 0.25) is 5.02 Å². The summed E-state index contributed by atoms with van der Waals surface area (Å²) in [5.41, 5.74) is 12.7. The second-order valence-electron chi connectivity index (χ2n) is 5.07. The van der Waals surface area contributed by atoms with E-state index in [4.69, 9.17) is 23.1 Å². The predicted octanol–water partition coefficient (Wildman–Crippen LogP) is 1.16. The van der Waals surface area contributed by atoms with Gasteiger partial charge in [0.1, 0.15) is 0 Å². The first-order valence-electron chi connectivity index (χ1n) is 6.24. The number of nitrogens with zero attached hydrogens (tertiary/aromatic N) is 2. The van der Waals surface area contributed by atoms with Crippen molar-refractivity contribution in [3.05, 3.63) is 22.7 Å². The van der Waals surface area contributed by atoms with Crippen molar-refractivity contribution in [3.63, 3.8) is 0 Å². The van der Waals surface area contributed by atoms with Gasteiger partial charge in [-0.1, -0.05) is 11.6 Å². The maximum absolute atomic E-state index is 11.6. The van der Waals surface area contributed by atoms with Crippen LogP contribution in [0.1, 0.15) is 17.3 Å². The Labute approximate surface area is 118 Å². The van der Waals surface area contributed by atoms with Crippen LogP contribution < -0.4 is 16.4 Å². The van der Waals surface area contributed by atoms with Gasteiger partial charge in [0, 0.05) is 31.4 Å². The first-order chi connectivity index (χ1) is 8.90. The van der Waals surface area contributed by atoms with E-state index >= 15 is 0 Å². The minimum atomic E-state index is -0.504. The second-order valence-corrected chi connectivity index (χ2v) is 5.48. The highest BCUT2D eigenvalue weighted by Crippen LogP contribution is 2.34. The summed E-state index contributed by atoms with van der Waals surface area (Å²) in [7, 11) is 2.08. The summed E-state index contributed by atoms with van der Waals surface area (Å²) in [6.07, 6.45) is 0. The highest BCUT2D eigenvalue weighted by atomic mass is 35.5. The van der Waals surface area contributed by atoms with E-state index in [0.29, 0.717) is 22.0 Å². The number of nitrogen functional groups attached to an aromatic ring is 1. The van der Waals surface area contributed by atoms with E-state index < -0.39 is 5.91 Å². The topological polar surface area (TPSA) is 75.6 Å². The van der Waals surface area contributed by atoms with Gasteiger partial charge in [0.15, 0.2) is 0 Å². The molecular formula is C13H19ClN4O. The number of benzene rings is 1. The Balaban J connectivity index is 2.46. The number of hydrogen-bond acceptors (Lipinski definition) is 4. The van der Waals surface area contributed by atoms with Crippen LogP contribution in [0.5, 0.6) is 0 Å². The molecule has 0 radical (unpaired) electrons. The van der Waals surface area contributed by atoms with E-state index in [9.17, 15) is 4.79 Å². The van der Waals surface area contributed by atoms with Crippen LogP contribution in [0.3, 0.4) is 0 Å². The smallest absolute Gasteiger partial charge is 0.250 e. The molecule has 104 valence electrons. The van der Waals surface area contributed by atoms with E-state index in [1.807, 2.05) is 0 Å². The molecule has 1 atom stereocenters. The standard InChI is InChI=1S/C13H19ClN4O/c1-8-7-17(2)3-4-18(8)12-10(13(16)19)5-9(15)6-11(12)14/h5-6,8H,3-4,7,15H2,1-2H3,(H2,16,19). The van der Waals surface area contributed by atoms with E-state index in [1.165, 1.54) is 0 Å². The average Bonchev–Trinajstić information content (AvgIpc) is 2.29. The van der Waals surface area contributed by atoms with Gasteiger partial charge < -0.3 is 21.3 Å². The summed E-state index contributed by atoms with van der Waals surface area (Å²) in [6, 6.07) is 3.51. The molecule has 0 aromatic heterocycles. The van der Waals surface area contributed by atoms with Crippen molar-refractivity contribution in [2.75, 3.05) is 37.3 Å². The van der Waals surface area contributed by atoms with Crippen LogP contribution in [-0.4, -0.2) is 43.5 Å². The van der Waals surface area contributed by atoms with E-state index in [2.05, 4.69) is 23.8 Å². The van der Waals surface area contributed by atoms with Gasteiger partial charge in [-0.2, -0.15) is 0 Å². The average molecular weight is 283 g/mol. The molecule has 0 aliphatic carbocycles. The maximum Gasteiger partial charge on any atom is 0.250 e. The summed E-state index contributed by atoms with van der Waals surface area (Å²) < 4.78 is 0. The Morgan fingerprint density at radius 2 is 2.11 bits per heavy atom. The molecule has 0 spiro atoms. The molecule has 1 unspecified atom stereocenters. The Morgan fingerprint density at radius 3 is 2.68 bits per heavy atom. The van der Waals surface area contributed by atoms with E-state index in [0.717, 1.165) is 19.6 Å². The molecule has 1 aliphatic heterocycles. The molecule has 1 saturated heterocycles. The minimum absolute atomic E-state index is 0.262. The Hall–Kier alpha value is -1.46. The Morgan fingerprint density at radius 1 is 1.42 bits per heavy atom. The summed E-state index contributed by atoms with van der Waals surface area (Å²) in [4.78, 5) is 16.0. The fourth-order valence-corrected chi connectivity index (χ4v) is 2.91. The van der Waals surface area contributed by atoms with E-state index in [-0.39, 0.29) is 6.04 Å². The molecular weight excluding hydrogens is 264 g/mol. The number of halogens is 1. The SMILES string of the molecule is CC1CN(C)CCN1c1c(Cl)cc(N)cc1C(N)=O. The van der Waals surface area contributed by atoms with Crippen LogP contribution in [0, 0.1) is 0 Å². The minimum Gasteiger partial charge on any atom is -0.399 e. The lowest BCUT2D eigenvalue weighted by atomic mass is 10.1. The number of likely N-dealkylation sites (N-methyl/N-ethyl adjacent to an activating group) is 1. The number of carbonyl (C=O) groups is 1. The van der Waals surface area contributed by atoms with E-state index in [1.54, 1.807) is 12.1 Å². The molecule has 4 N–H and O–H groups in total. The molecule has 1 fully saturated rings. The summed E-state index contributed by atoms with van der Waals surface area (Å²) >= 11 is 6.27. The van der Waals surface area contributed by atoms with Gasteiger partial charge in [0.25, 0.3) is 5.91 Å². The number of anilines is 2. The van der Waals surface area contributed by atoms with Crippen molar-refractivity contribution in [1.29, 1.82) is 0 Å². The van der Waals surface area contributed by atoms with Gasteiger partial charge in [0.2, 0.25) is 0 Å². The summed E-state index contributed by atoms with van der Waals surface area (Å²) in [5, 5.41) is 0.477. The molecule has 1 aromatic carbocycles. The Bertz CT molecular complexity index is 506. The second kappa shape index (κ2) is 5.27. The van der Waals surface area contributed by atoms with Crippen LogP contribution in [-0.2, 0) is 0 Å². The van der Waals surface area contributed by atoms with Gasteiger partial charge in [-0.3, -0.25) is 4.79 Å². The number of carbonyl (C=O) groups excluding carboxylic acids is 1. The molecule has 0 saturated carbocycles. The number of rotatable bonds is 2. The third kappa shape index (κ3) is 2.77. The van der Waals surface area contributed by atoms with Crippen LogP contribution in [0.4, 0.5) is 11.4 Å². The molecule has 1 heterocycles. The quantitative estimate of drug-likeness (QED) is 0.798. The van der Waals surface area contributed by atoms with Crippen molar-refractivity contribution in [1.82, 2.24) is 4.90 Å². The largest absolute Gasteiger partial charge is 0.399 e. The van der Waals surface area contributed by atoms with Crippen molar-refractivity contribution in [2.45, 2.75) is 13.0 Å². The Kier molecular flexibility index (Phi) is 3.87. The summed E-state index contributed by atoms with van der Waals surface area (Å²) in [5.74, 6) is -0.504. The van der Waals surface area contributed by atoms with Crippen molar-refractivity contribution in [3.8, 4) is 0 Å². The van der Waals surface area contributed by atoms with Crippen LogP contribution >= 0.6 is 11.6 Å². The van der Waals surface area contributed by atoms with Crippen molar-refractivity contribution < 1.29 is 4.79 Å². The number of hydrogen-bond donors (Lipinski definition) is 2. The highest BCUT2D eigenvalue weighted by Gasteiger charge is 2.27. The van der Waals surface area contributed by atoms with Gasteiger partial charge in [-0.05, 0) is 26.1 Å². The van der Waals surface area contributed by atoms with Crippen molar-refractivity contribution >= 4 is 28.9 Å². The summed E-state index contributed by atoms with van der Waals surface area (Å²) in [6.45, 7) is 4.75. The lowest BCUT2D eigenvalue weighted by molar-refractivity contribution is 0.100. The normalized spacial score (nSPS) is 20.6. The maximum atomic E-state index is 11.6. The highest BCUT2D eigenvalue weighted by molar-refractivity contribution is 6.34. The number of amides is 1. The number of piperazine rings is 1. The lowest BCUT2D eigenvalue weighted by Crippen LogP contribution is -2.51. The monoisotopic (exact) mass is 282 g/mol. The molecule has 0 bridgehead atoms. The first kappa shape index (κ1) is 14.0. The van der Waals surface area contributed by atoms with Gasteiger partial charge in [-0.25, -0.2) is 0 Å². The molecule has 5 nitrogen and oxygen atoms in total. The third-order valence-corrected chi connectivity index (χ3v) is 3.76. The zero-order chi connectivity index (χ0) is 14.2. The lowest BCUT2D eigenvalue weighted by Gasteiger charge is -2.40. The molecule has 1 aliphatic rings. The zero-order valence-electron chi connectivity index (χ0n) is 11.2. The fraction of sp³-hybridized carbons (Fsp3) is 0.462.